The van der Waals surface area contributed by atoms with Crippen molar-refractivity contribution in [2.45, 2.75) is 19.4 Å². The van der Waals surface area contributed by atoms with E-state index in [9.17, 15) is 5.11 Å². The van der Waals surface area contributed by atoms with E-state index in [1.54, 1.807) is 12.2 Å². The summed E-state index contributed by atoms with van der Waals surface area (Å²) in [6.45, 7) is 1.86. The van der Waals surface area contributed by atoms with Gasteiger partial charge in [-0.2, -0.15) is 5.26 Å². The van der Waals surface area contributed by atoms with Gasteiger partial charge in [-0.15, -0.1) is 0 Å². The first-order valence-corrected chi connectivity index (χ1v) is 3.19. The van der Waals surface area contributed by atoms with E-state index in [-0.39, 0.29) is 0 Å². The molecule has 0 saturated heterocycles. The highest BCUT2D eigenvalue weighted by molar-refractivity contribution is 5.34. The fourth-order valence-electron chi connectivity index (χ4n) is 0.863. The quantitative estimate of drug-likeness (QED) is 0.541. The molecule has 0 saturated carbocycles. The zero-order chi connectivity index (χ0) is 7.56. The average molecular weight is 135 g/mol. The summed E-state index contributed by atoms with van der Waals surface area (Å²) in [7, 11) is 0. The molecule has 0 aromatic rings. The van der Waals surface area contributed by atoms with Crippen LogP contribution in [0.25, 0.3) is 0 Å². The highest BCUT2D eigenvalue weighted by Crippen LogP contribution is 2.17. The van der Waals surface area contributed by atoms with E-state index in [4.69, 9.17) is 5.26 Å². The Kier molecular flexibility index (Phi) is 1.88. The molecule has 1 unspecified atom stereocenters. The van der Waals surface area contributed by atoms with Gasteiger partial charge in [0.15, 0.2) is 0 Å². The standard InChI is InChI=1S/C8H9NO/c1-6-2-3-7(5-9)4-8(6)10/h2-3,8,10H,4H2,1H3. The lowest BCUT2D eigenvalue weighted by Crippen LogP contribution is -2.11. The molecular formula is C8H9NO. The molecule has 0 bridgehead atoms. The lowest BCUT2D eigenvalue weighted by Gasteiger charge is -2.13. The second-order valence-corrected chi connectivity index (χ2v) is 2.43. The summed E-state index contributed by atoms with van der Waals surface area (Å²) in [5, 5.41) is 17.7. The average Bonchev–Trinajstić information content (AvgIpc) is 1.95. The topological polar surface area (TPSA) is 44.0 Å². The number of hydrogen-bond acceptors (Lipinski definition) is 2. The smallest absolute Gasteiger partial charge is 0.0948 e. The van der Waals surface area contributed by atoms with Gasteiger partial charge in [0.25, 0.3) is 0 Å². The van der Waals surface area contributed by atoms with Gasteiger partial charge >= 0.3 is 0 Å². The van der Waals surface area contributed by atoms with Gasteiger partial charge in [0, 0.05) is 12.0 Å². The summed E-state index contributed by atoms with van der Waals surface area (Å²) in [6.07, 6.45) is 3.56. The van der Waals surface area contributed by atoms with Crippen LogP contribution in [0.1, 0.15) is 13.3 Å². The Morgan fingerprint density at radius 3 is 2.90 bits per heavy atom. The van der Waals surface area contributed by atoms with Crippen LogP contribution in [0.3, 0.4) is 0 Å². The van der Waals surface area contributed by atoms with Gasteiger partial charge in [0.2, 0.25) is 0 Å². The molecule has 2 heteroatoms. The van der Waals surface area contributed by atoms with Crippen LogP contribution < -0.4 is 0 Å². The van der Waals surface area contributed by atoms with Crippen LogP contribution >= 0.6 is 0 Å². The Balaban J connectivity index is 2.81. The molecule has 10 heavy (non-hydrogen) atoms. The summed E-state index contributed by atoms with van der Waals surface area (Å²) in [4.78, 5) is 0. The molecule has 1 rings (SSSR count). The Labute approximate surface area is 60.1 Å². The number of rotatable bonds is 0. The molecule has 1 aliphatic carbocycles. The number of allylic oxidation sites excluding steroid dienone is 2. The van der Waals surface area contributed by atoms with Crippen LogP contribution in [-0.2, 0) is 0 Å². The van der Waals surface area contributed by atoms with Crippen molar-refractivity contribution >= 4 is 0 Å². The summed E-state index contributed by atoms with van der Waals surface area (Å²) >= 11 is 0. The zero-order valence-electron chi connectivity index (χ0n) is 5.83. The number of aliphatic hydroxyl groups excluding tert-OH is 1. The van der Waals surface area contributed by atoms with E-state index >= 15 is 0 Å². The number of aliphatic hydroxyl groups is 1. The highest BCUT2D eigenvalue weighted by Gasteiger charge is 2.11. The van der Waals surface area contributed by atoms with Crippen molar-refractivity contribution in [3.63, 3.8) is 0 Å². The van der Waals surface area contributed by atoms with Gasteiger partial charge in [0.05, 0.1) is 12.2 Å². The van der Waals surface area contributed by atoms with Crippen molar-refractivity contribution in [3.05, 3.63) is 23.3 Å². The van der Waals surface area contributed by atoms with Crippen molar-refractivity contribution < 1.29 is 5.11 Å². The van der Waals surface area contributed by atoms with E-state index < -0.39 is 6.10 Å². The first-order valence-electron chi connectivity index (χ1n) is 3.19. The van der Waals surface area contributed by atoms with Gasteiger partial charge < -0.3 is 5.11 Å². The van der Waals surface area contributed by atoms with E-state index in [0.29, 0.717) is 12.0 Å². The molecule has 1 atom stereocenters. The Bertz CT molecular complexity index is 232. The molecule has 2 nitrogen and oxygen atoms in total. The molecule has 0 heterocycles. The Hall–Kier alpha value is -1.07. The van der Waals surface area contributed by atoms with E-state index in [0.717, 1.165) is 5.57 Å². The minimum atomic E-state index is -0.445. The van der Waals surface area contributed by atoms with E-state index in [1.807, 2.05) is 13.0 Å². The van der Waals surface area contributed by atoms with Crippen LogP contribution in [0.4, 0.5) is 0 Å². The first-order chi connectivity index (χ1) is 4.74. The number of hydrogen-bond donors (Lipinski definition) is 1. The van der Waals surface area contributed by atoms with Gasteiger partial charge in [-0.05, 0) is 18.6 Å². The summed E-state index contributed by atoms with van der Waals surface area (Å²) in [5.41, 5.74) is 1.58. The number of nitriles is 1. The van der Waals surface area contributed by atoms with Crippen molar-refractivity contribution in [2.24, 2.45) is 0 Å². The van der Waals surface area contributed by atoms with Crippen LogP contribution in [-0.4, -0.2) is 11.2 Å². The lowest BCUT2D eigenvalue weighted by atomic mass is 9.98. The maximum absolute atomic E-state index is 9.22. The normalized spacial score (nSPS) is 24.7. The van der Waals surface area contributed by atoms with Gasteiger partial charge in [-0.25, -0.2) is 0 Å². The van der Waals surface area contributed by atoms with E-state index in [1.165, 1.54) is 0 Å². The van der Waals surface area contributed by atoms with Crippen LogP contribution in [0.5, 0.6) is 0 Å². The maximum Gasteiger partial charge on any atom is 0.0948 e. The van der Waals surface area contributed by atoms with Gasteiger partial charge in [0.1, 0.15) is 0 Å². The minimum Gasteiger partial charge on any atom is -0.388 e. The van der Waals surface area contributed by atoms with E-state index in [2.05, 4.69) is 0 Å². The van der Waals surface area contributed by atoms with Crippen LogP contribution in [0, 0.1) is 11.3 Å². The molecule has 0 amide bonds. The fraction of sp³-hybridized carbons (Fsp3) is 0.375. The Morgan fingerprint density at radius 1 is 1.70 bits per heavy atom. The Morgan fingerprint density at radius 2 is 2.40 bits per heavy atom. The van der Waals surface area contributed by atoms with Gasteiger partial charge in [-0.1, -0.05) is 6.08 Å². The summed E-state index contributed by atoms with van der Waals surface area (Å²) in [6, 6.07) is 2.01. The van der Waals surface area contributed by atoms with Crippen molar-refractivity contribution in [3.8, 4) is 6.07 Å². The van der Waals surface area contributed by atoms with Crippen LogP contribution in [0.15, 0.2) is 23.3 Å². The monoisotopic (exact) mass is 135 g/mol. The van der Waals surface area contributed by atoms with Crippen molar-refractivity contribution in [1.82, 2.24) is 0 Å². The zero-order valence-corrected chi connectivity index (χ0v) is 5.83. The van der Waals surface area contributed by atoms with Crippen molar-refractivity contribution in [1.29, 1.82) is 5.26 Å². The molecule has 0 aromatic heterocycles. The molecule has 0 radical (unpaired) electrons. The third-order valence-corrected chi connectivity index (χ3v) is 1.63. The maximum atomic E-state index is 9.22. The minimum absolute atomic E-state index is 0.445. The third kappa shape index (κ3) is 1.26. The lowest BCUT2D eigenvalue weighted by molar-refractivity contribution is 0.211. The second kappa shape index (κ2) is 2.68. The molecule has 0 aromatic carbocycles. The molecule has 1 aliphatic rings. The molecule has 0 aliphatic heterocycles. The molecule has 0 spiro atoms. The molecular weight excluding hydrogens is 126 g/mol. The predicted molar refractivity (Wildman–Crippen MR) is 38.1 cm³/mol. The molecule has 1 N–H and O–H groups in total. The summed E-state index contributed by atoms with van der Waals surface area (Å²) in [5.74, 6) is 0. The number of nitrogens with zero attached hydrogens (tertiary/aromatic N) is 1. The third-order valence-electron chi connectivity index (χ3n) is 1.63. The van der Waals surface area contributed by atoms with Crippen LogP contribution in [0.2, 0.25) is 0 Å². The summed E-state index contributed by atoms with van der Waals surface area (Å²) < 4.78 is 0. The SMILES string of the molecule is CC1=CC=C(C#N)CC1O. The van der Waals surface area contributed by atoms with Crippen molar-refractivity contribution in [2.75, 3.05) is 0 Å². The fourth-order valence-corrected chi connectivity index (χ4v) is 0.863. The predicted octanol–water partition coefficient (Wildman–Crippen LogP) is 1.15. The second-order valence-electron chi connectivity index (χ2n) is 2.43. The first kappa shape index (κ1) is 7.04. The molecule has 52 valence electrons. The largest absolute Gasteiger partial charge is 0.388 e. The highest BCUT2D eigenvalue weighted by atomic mass is 16.3. The molecule has 0 fully saturated rings. The van der Waals surface area contributed by atoms with Gasteiger partial charge in [-0.3, -0.25) is 0 Å².